The van der Waals surface area contributed by atoms with E-state index in [1.807, 2.05) is 13.8 Å². The van der Waals surface area contributed by atoms with Crippen molar-refractivity contribution in [1.82, 2.24) is 0 Å². The zero-order valence-electron chi connectivity index (χ0n) is 15.3. The molecule has 1 aliphatic carbocycles. The Morgan fingerprint density at radius 1 is 1.19 bits per heavy atom. The highest BCUT2D eigenvalue weighted by Gasteiger charge is 2.70. The maximum Gasteiger partial charge on any atom is 0.241 e. The van der Waals surface area contributed by atoms with Crippen LogP contribution in [0, 0.1) is 23.0 Å². The number of halogens is 2. The molecule has 2 aliphatic rings. The van der Waals surface area contributed by atoms with Crippen molar-refractivity contribution in [3.05, 3.63) is 65.2 Å². The maximum atomic E-state index is 14.2. The number of ketones is 1. The van der Waals surface area contributed by atoms with Crippen LogP contribution in [0.4, 0.5) is 14.5 Å². The summed E-state index contributed by atoms with van der Waals surface area (Å²) in [5.74, 6) is -0.995. The van der Waals surface area contributed by atoms with Crippen molar-refractivity contribution in [1.29, 1.82) is 0 Å². The molecule has 4 rings (SSSR count). The molecule has 2 aromatic carbocycles. The number of amides is 1. The fourth-order valence-electron chi connectivity index (χ4n) is 4.15. The van der Waals surface area contributed by atoms with Gasteiger partial charge in [-0.2, -0.15) is 0 Å². The molecule has 1 saturated heterocycles. The van der Waals surface area contributed by atoms with E-state index in [9.17, 15) is 18.4 Å². The molecule has 2 atom stereocenters. The number of hydrogen-bond acceptors (Lipinski definition) is 2. The quantitative estimate of drug-likeness (QED) is 0.739. The highest BCUT2D eigenvalue weighted by atomic mass is 19.1. The third-order valence-electron chi connectivity index (χ3n) is 5.82. The van der Waals surface area contributed by atoms with Crippen molar-refractivity contribution >= 4 is 17.4 Å². The average Bonchev–Trinajstić information content (AvgIpc) is 3.28. The maximum absolute atomic E-state index is 14.2. The first-order chi connectivity index (χ1) is 12.8. The smallest absolute Gasteiger partial charge is 0.241 e. The number of piperidine rings is 1. The van der Waals surface area contributed by atoms with Gasteiger partial charge in [0.2, 0.25) is 5.91 Å². The van der Waals surface area contributed by atoms with E-state index in [0.717, 1.165) is 0 Å². The van der Waals surface area contributed by atoms with Crippen LogP contribution in [0.15, 0.2) is 42.5 Å². The first-order valence-electron chi connectivity index (χ1n) is 9.22. The number of Topliss-reactive ketones (excluding diaryl/α,β-unsaturated/α-hetero) is 1. The van der Waals surface area contributed by atoms with E-state index in [2.05, 4.69) is 0 Å². The van der Waals surface area contributed by atoms with E-state index in [1.165, 1.54) is 18.2 Å². The largest absolute Gasteiger partial charge is 0.311 e. The number of carbonyl (C=O) groups is 2. The van der Waals surface area contributed by atoms with Gasteiger partial charge in [-0.1, -0.05) is 26.0 Å². The second kappa shape index (κ2) is 6.25. The summed E-state index contributed by atoms with van der Waals surface area (Å²) < 4.78 is 27.3. The number of benzene rings is 2. The molecule has 2 aromatic rings. The van der Waals surface area contributed by atoms with Gasteiger partial charge >= 0.3 is 0 Å². The minimum Gasteiger partial charge on any atom is -0.311 e. The van der Waals surface area contributed by atoms with Gasteiger partial charge in [0.15, 0.2) is 5.78 Å². The Morgan fingerprint density at radius 2 is 1.89 bits per heavy atom. The monoisotopic (exact) mass is 369 g/mol. The van der Waals surface area contributed by atoms with E-state index < -0.39 is 5.41 Å². The van der Waals surface area contributed by atoms with Crippen molar-refractivity contribution in [2.24, 2.45) is 11.3 Å². The molecule has 0 aromatic heterocycles. The Hall–Kier alpha value is -2.56. The van der Waals surface area contributed by atoms with Gasteiger partial charge in [-0.15, -0.1) is 0 Å². The predicted octanol–water partition coefficient (Wildman–Crippen LogP) is 4.25. The predicted molar refractivity (Wildman–Crippen MR) is 98.5 cm³/mol. The highest BCUT2D eigenvalue weighted by Crippen LogP contribution is 2.60. The van der Waals surface area contributed by atoms with Crippen LogP contribution >= 0.6 is 0 Å². The molecule has 1 heterocycles. The molecule has 0 spiro atoms. The summed E-state index contributed by atoms with van der Waals surface area (Å²) in [5, 5.41) is 0. The molecule has 0 N–H and O–H groups in total. The zero-order chi connectivity index (χ0) is 19.3. The summed E-state index contributed by atoms with van der Waals surface area (Å²) >= 11 is 0. The van der Waals surface area contributed by atoms with Gasteiger partial charge in [0, 0.05) is 18.7 Å². The van der Waals surface area contributed by atoms with Gasteiger partial charge in [0.25, 0.3) is 0 Å². The van der Waals surface area contributed by atoms with Gasteiger partial charge in [-0.05, 0) is 59.7 Å². The molecular weight excluding hydrogens is 348 g/mol. The Morgan fingerprint density at radius 3 is 2.52 bits per heavy atom. The van der Waals surface area contributed by atoms with Crippen LogP contribution in [0.1, 0.15) is 37.3 Å². The number of rotatable bonds is 5. The lowest BCUT2D eigenvalue weighted by Gasteiger charge is -2.20. The van der Waals surface area contributed by atoms with Crippen molar-refractivity contribution in [3.8, 4) is 0 Å². The van der Waals surface area contributed by atoms with Gasteiger partial charge < -0.3 is 4.90 Å². The van der Waals surface area contributed by atoms with Crippen LogP contribution in [0.25, 0.3) is 0 Å². The minimum absolute atomic E-state index is 0.0117. The first-order valence-corrected chi connectivity index (χ1v) is 9.22. The van der Waals surface area contributed by atoms with Crippen LogP contribution < -0.4 is 4.90 Å². The van der Waals surface area contributed by atoms with Crippen molar-refractivity contribution in [3.63, 3.8) is 0 Å². The van der Waals surface area contributed by atoms with Gasteiger partial charge in [0.1, 0.15) is 17.0 Å². The molecular formula is C22H21F2NO2. The summed E-state index contributed by atoms with van der Waals surface area (Å²) in [6, 6.07) is 10.6. The normalized spacial score (nSPS) is 23.7. The molecule has 1 saturated carbocycles. The Bertz CT molecular complexity index is 922. The molecule has 2 unspecified atom stereocenters. The lowest BCUT2D eigenvalue weighted by molar-refractivity contribution is -0.133. The summed E-state index contributed by atoms with van der Waals surface area (Å²) in [7, 11) is 0. The first kappa shape index (κ1) is 17.8. The number of hydrogen-bond donors (Lipinski definition) is 0. The summed E-state index contributed by atoms with van der Waals surface area (Å²) in [6.07, 6.45) is 0.601. The third kappa shape index (κ3) is 2.85. The molecule has 1 aliphatic heterocycles. The van der Waals surface area contributed by atoms with Crippen molar-refractivity contribution in [2.45, 2.75) is 32.6 Å². The van der Waals surface area contributed by atoms with Gasteiger partial charge in [-0.3, -0.25) is 9.59 Å². The summed E-state index contributed by atoms with van der Waals surface area (Å²) in [4.78, 5) is 27.4. The van der Waals surface area contributed by atoms with Gasteiger partial charge in [0.05, 0.1) is 0 Å². The second-order valence-electron chi connectivity index (χ2n) is 7.88. The van der Waals surface area contributed by atoms with Crippen molar-refractivity contribution < 1.29 is 18.4 Å². The van der Waals surface area contributed by atoms with E-state index in [1.54, 1.807) is 29.2 Å². The second-order valence-corrected chi connectivity index (χ2v) is 7.88. The van der Waals surface area contributed by atoms with Crippen LogP contribution in [0.2, 0.25) is 0 Å². The number of nitrogens with zero attached hydrogens (tertiary/aromatic N) is 1. The topological polar surface area (TPSA) is 37.4 Å². The van der Waals surface area contributed by atoms with E-state index in [4.69, 9.17) is 0 Å². The molecule has 3 nitrogen and oxygen atoms in total. The fourth-order valence-corrected chi connectivity index (χ4v) is 4.15. The third-order valence-corrected chi connectivity index (χ3v) is 5.82. The lowest BCUT2D eigenvalue weighted by atomic mass is 9.92. The lowest BCUT2D eigenvalue weighted by Crippen LogP contribution is -2.36. The van der Waals surface area contributed by atoms with Crippen molar-refractivity contribution in [2.75, 3.05) is 11.4 Å². The van der Waals surface area contributed by atoms with Crippen LogP contribution in [-0.2, 0) is 16.0 Å². The summed E-state index contributed by atoms with van der Waals surface area (Å²) in [5.41, 5.74) is 0.831. The Kier molecular flexibility index (Phi) is 4.13. The molecule has 1 amide bonds. The van der Waals surface area contributed by atoms with E-state index in [0.29, 0.717) is 29.8 Å². The Labute approximate surface area is 157 Å². The molecule has 2 fully saturated rings. The van der Waals surface area contributed by atoms with Crippen LogP contribution in [0.3, 0.4) is 0 Å². The zero-order valence-corrected chi connectivity index (χ0v) is 15.3. The van der Waals surface area contributed by atoms with Crippen LogP contribution in [0.5, 0.6) is 0 Å². The fraction of sp³-hybridized carbons (Fsp3) is 0.364. The Balaban J connectivity index is 1.52. The molecule has 0 bridgehead atoms. The minimum atomic E-state index is -0.985. The van der Waals surface area contributed by atoms with Gasteiger partial charge in [-0.25, -0.2) is 8.78 Å². The highest BCUT2D eigenvalue weighted by molar-refractivity contribution is 6.18. The molecule has 27 heavy (non-hydrogen) atoms. The molecule has 140 valence electrons. The average molecular weight is 369 g/mol. The number of anilines is 1. The summed E-state index contributed by atoms with van der Waals surface area (Å²) in [6.45, 7) is 4.30. The molecule has 0 radical (unpaired) electrons. The number of carbonyl (C=O) groups excluding carboxylic acids is 2. The van der Waals surface area contributed by atoms with E-state index >= 15 is 0 Å². The standard InChI is InChI=1S/C22H21F2NO2/c1-13(2)18-8-3-14(9-19(18)24)10-20(26)22-11-15(22)12-25(21(22)27)17-6-4-16(23)5-7-17/h3-9,13,15H,10-12H2,1-2H3. The molecule has 5 heteroatoms. The van der Waals surface area contributed by atoms with E-state index in [-0.39, 0.29) is 41.6 Å². The van der Waals surface area contributed by atoms with Crippen LogP contribution in [-0.4, -0.2) is 18.2 Å². The number of fused-ring (bicyclic) bond motifs is 1. The SMILES string of the molecule is CC(C)c1ccc(CC(=O)C23CC2CN(c2ccc(F)cc2)C3=O)cc1F.